The van der Waals surface area contributed by atoms with E-state index >= 15 is 0 Å². The molecule has 0 aliphatic carbocycles. The zero-order valence-corrected chi connectivity index (χ0v) is 11.0. The maximum absolute atomic E-state index is 12.0. The topological polar surface area (TPSA) is 91.7 Å². The number of aromatic nitrogens is 1. The number of rotatable bonds is 3. The number of amidine groups is 1. The van der Waals surface area contributed by atoms with Gasteiger partial charge in [-0.25, -0.2) is 9.79 Å². The number of carbonyl (C=O) groups is 2. The van der Waals surface area contributed by atoms with E-state index in [1.54, 1.807) is 6.92 Å². The largest absolute Gasteiger partial charge is 0.478 e. The minimum atomic E-state index is -1.10. The van der Waals surface area contributed by atoms with E-state index in [9.17, 15) is 9.59 Å². The number of nitrogens with one attached hydrogen (secondary N) is 1. The van der Waals surface area contributed by atoms with Crippen molar-refractivity contribution in [2.45, 2.75) is 26.3 Å². The molecule has 0 radical (unpaired) electrons. The molecule has 1 amide bonds. The third-order valence-electron chi connectivity index (χ3n) is 3.42. The molecule has 2 rings (SSSR count). The Morgan fingerprint density at radius 1 is 1.47 bits per heavy atom. The fourth-order valence-electron chi connectivity index (χ4n) is 1.82. The van der Waals surface area contributed by atoms with Gasteiger partial charge in [-0.15, -0.1) is 0 Å². The van der Waals surface area contributed by atoms with Gasteiger partial charge in [0.15, 0.2) is 5.84 Å². The summed E-state index contributed by atoms with van der Waals surface area (Å²) < 4.78 is 0. The molecule has 1 aliphatic heterocycles. The van der Waals surface area contributed by atoms with Gasteiger partial charge in [0.25, 0.3) is 5.91 Å². The van der Waals surface area contributed by atoms with E-state index in [4.69, 9.17) is 5.11 Å². The Hall–Kier alpha value is -2.24. The van der Waals surface area contributed by atoms with Crippen LogP contribution < -0.4 is 5.32 Å². The molecule has 2 N–H and O–H groups in total. The molecule has 0 unspecified atom stereocenters. The number of carboxylic acids is 1. The average Bonchev–Trinajstić information content (AvgIpc) is 2.67. The van der Waals surface area contributed by atoms with E-state index in [0.717, 1.165) is 0 Å². The van der Waals surface area contributed by atoms with Crippen molar-refractivity contribution >= 4 is 17.7 Å². The zero-order chi connectivity index (χ0) is 14.2. The van der Waals surface area contributed by atoms with Gasteiger partial charge in [0.1, 0.15) is 11.2 Å². The predicted molar refractivity (Wildman–Crippen MR) is 69.1 cm³/mol. The maximum Gasteiger partial charge on any atom is 0.338 e. The smallest absolute Gasteiger partial charge is 0.338 e. The van der Waals surface area contributed by atoms with Crippen LogP contribution in [-0.2, 0) is 4.79 Å². The Kier molecular flexibility index (Phi) is 3.09. The molecular weight excluding hydrogens is 246 g/mol. The first-order chi connectivity index (χ1) is 8.86. The molecule has 6 nitrogen and oxygen atoms in total. The summed E-state index contributed by atoms with van der Waals surface area (Å²) in [6.45, 7) is 5.51. The van der Waals surface area contributed by atoms with Gasteiger partial charge in [-0.05, 0) is 25.0 Å². The minimum absolute atomic E-state index is 0.00184. The van der Waals surface area contributed by atoms with Gasteiger partial charge in [-0.3, -0.25) is 9.78 Å². The summed E-state index contributed by atoms with van der Waals surface area (Å²) in [6.07, 6.45) is 1.47. The molecule has 0 saturated heterocycles. The van der Waals surface area contributed by atoms with Crippen molar-refractivity contribution in [2.24, 2.45) is 10.9 Å². The van der Waals surface area contributed by atoms with Crippen LogP contribution in [0.15, 0.2) is 23.3 Å². The van der Waals surface area contributed by atoms with Crippen LogP contribution in [0.4, 0.5) is 0 Å². The highest BCUT2D eigenvalue weighted by Crippen LogP contribution is 2.27. The molecule has 2 heterocycles. The second-order valence-corrected chi connectivity index (χ2v) is 4.92. The van der Waals surface area contributed by atoms with Crippen molar-refractivity contribution in [1.29, 1.82) is 0 Å². The third-order valence-corrected chi connectivity index (χ3v) is 3.42. The highest BCUT2D eigenvalue weighted by Gasteiger charge is 2.42. The van der Waals surface area contributed by atoms with Crippen molar-refractivity contribution in [3.05, 3.63) is 29.6 Å². The van der Waals surface area contributed by atoms with Gasteiger partial charge >= 0.3 is 5.97 Å². The average molecular weight is 261 g/mol. The van der Waals surface area contributed by atoms with Crippen LogP contribution in [-0.4, -0.2) is 33.3 Å². The molecule has 1 aromatic rings. The van der Waals surface area contributed by atoms with Gasteiger partial charge in [-0.2, -0.15) is 0 Å². The molecule has 0 bridgehead atoms. The number of carbonyl (C=O) groups excluding carboxylic acids is 1. The summed E-state index contributed by atoms with van der Waals surface area (Å²) >= 11 is 0. The first-order valence-electron chi connectivity index (χ1n) is 5.96. The number of hydrogen-bond acceptors (Lipinski definition) is 4. The van der Waals surface area contributed by atoms with Crippen molar-refractivity contribution in [3.63, 3.8) is 0 Å². The number of hydrogen-bond donors (Lipinski definition) is 2. The normalized spacial score (nSPS) is 22.3. The van der Waals surface area contributed by atoms with Gasteiger partial charge in [0.05, 0.1) is 5.56 Å². The van der Waals surface area contributed by atoms with Crippen LogP contribution in [0, 0.1) is 5.92 Å². The highest BCUT2D eigenvalue weighted by atomic mass is 16.4. The molecule has 19 heavy (non-hydrogen) atoms. The van der Waals surface area contributed by atoms with Crippen molar-refractivity contribution in [3.8, 4) is 0 Å². The zero-order valence-electron chi connectivity index (χ0n) is 11.0. The first kappa shape index (κ1) is 13.2. The number of nitrogens with zero attached hydrogens (tertiary/aromatic N) is 2. The van der Waals surface area contributed by atoms with Crippen LogP contribution in [0.5, 0.6) is 0 Å². The standard InChI is InChI=1S/C13H15N3O3/c1-7(2)13(3)12(19)15-10(16-13)9-8(11(17)18)5-4-6-14-9/h4-7H,1-3H3,(H,17,18)(H,15,16,19)/t13-/m0/s1. The van der Waals surface area contributed by atoms with Crippen LogP contribution >= 0.6 is 0 Å². The van der Waals surface area contributed by atoms with Crippen molar-refractivity contribution in [2.75, 3.05) is 0 Å². The van der Waals surface area contributed by atoms with E-state index in [0.29, 0.717) is 0 Å². The molecule has 0 spiro atoms. The molecular formula is C13H15N3O3. The first-order valence-corrected chi connectivity index (χ1v) is 5.96. The number of pyridine rings is 1. The van der Waals surface area contributed by atoms with Crippen molar-refractivity contribution in [1.82, 2.24) is 10.3 Å². The summed E-state index contributed by atoms with van der Waals surface area (Å²) in [4.78, 5) is 31.5. The number of aliphatic imine (C=N–C) groups is 1. The highest BCUT2D eigenvalue weighted by molar-refractivity contribution is 6.17. The summed E-state index contributed by atoms with van der Waals surface area (Å²) in [6, 6.07) is 2.97. The van der Waals surface area contributed by atoms with Crippen molar-refractivity contribution < 1.29 is 14.7 Å². The monoisotopic (exact) mass is 261 g/mol. The Bertz CT molecular complexity index is 580. The molecule has 1 aliphatic rings. The van der Waals surface area contributed by atoms with Gasteiger partial charge < -0.3 is 10.4 Å². The second kappa shape index (κ2) is 4.46. The molecule has 0 saturated carbocycles. The third kappa shape index (κ3) is 2.09. The maximum atomic E-state index is 12.0. The molecule has 0 fully saturated rings. The fraction of sp³-hybridized carbons (Fsp3) is 0.385. The molecule has 0 aromatic carbocycles. The Morgan fingerprint density at radius 2 is 2.16 bits per heavy atom. The summed E-state index contributed by atoms with van der Waals surface area (Å²) in [5, 5.41) is 11.7. The van der Waals surface area contributed by atoms with Crippen LogP contribution in [0.25, 0.3) is 0 Å². The van der Waals surface area contributed by atoms with Gasteiger partial charge in [0.2, 0.25) is 0 Å². The number of carboxylic acid groups (broad SMARTS) is 1. The fourth-order valence-corrected chi connectivity index (χ4v) is 1.82. The minimum Gasteiger partial charge on any atom is -0.478 e. The summed E-state index contributed by atoms with van der Waals surface area (Å²) in [5.74, 6) is -1.11. The lowest BCUT2D eigenvalue weighted by Crippen LogP contribution is -2.41. The van der Waals surface area contributed by atoms with E-state index in [2.05, 4.69) is 15.3 Å². The Balaban J connectivity index is 2.51. The molecule has 100 valence electrons. The van der Waals surface area contributed by atoms with Crippen LogP contribution in [0.3, 0.4) is 0 Å². The summed E-state index contributed by atoms with van der Waals surface area (Å²) in [5.41, 5.74) is -0.676. The van der Waals surface area contributed by atoms with E-state index in [1.165, 1.54) is 18.3 Å². The second-order valence-electron chi connectivity index (χ2n) is 4.92. The molecule has 1 aromatic heterocycles. The number of amides is 1. The summed E-state index contributed by atoms with van der Waals surface area (Å²) in [7, 11) is 0. The SMILES string of the molecule is CC(C)[C@]1(C)N=C(c2ncccc2C(=O)O)NC1=O. The lowest BCUT2D eigenvalue weighted by molar-refractivity contribution is -0.124. The lowest BCUT2D eigenvalue weighted by atomic mass is 9.89. The van der Waals surface area contributed by atoms with Crippen LogP contribution in [0.1, 0.15) is 36.8 Å². The van der Waals surface area contributed by atoms with E-state index < -0.39 is 11.5 Å². The van der Waals surface area contributed by atoms with E-state index in [1.807, 2.05) is 13.8 Å². The molecule has 6 heteroatoms. The Morgan fingerprint density at radius 3 is 2.68 bits per heavy atom. The predicted octanol–water partition coefficient (Wildman–Crippen LogP) is 1.07. The van der Waals surface area contributed by atoms with Gasteiger partial charge in [-0.1, -0.05) is 13.8 Å². The molecule has 1 atom stereocenters. The Labute approximate surface area is 110 Å². The number of aromatic carboxylic acids is 1. The van der Waals surface area contributed by atoms with E-state index in [-0.39, 0.29) is 28.9 Å². The van der Waals surface area contributed by atoms with Gasteiger partial charge in [0, 0.05) is 6.20 Å². The quantitative estimate of drug-likeness (QED) is 0.851. The lowest BCUT2D eigenvalue weighted by Gasteiger charge is -2.21. The van der Waals surface area contributed by atoms with Crippen LogP contribution in [0.2, 0.25) is 0 Å².